The Morgan fingerprint density at radius 2 is 1.92 bits per heavy atom. The van der Waals surface area contributed by atoms with E-state index in [2.05, 4.69) is 0 Å². The van der Waals surface area contributed by atoms with Crippen LogP contribution in [-0.2, 0) is 0 Å². The Bertz CT molecular complexity index is 243. The Labute approximate surface area is 79.7 Å². The third-order valence-electron chi connectivity index (χ3n) is 3.03. The molecule has 0 aromatic rings. The molecule has 2 atom stereocenters. The van der Waals surface area contributed by atoms with Crippen LogP contribution in [0.1, 0.15) is 27.7 Å². The summed E-state index contributed by atoms with van der Waals surface area (Å²) in [5.41, 5.74) is 0.768. The molecule has 0 radical (unpaired) electrons. The summed E-state index contributed by atoms with van der Waals surface area (Å²) in [6, 6.07) is 0. The van der Waals surface area contributed by atoms with Gasteiger partial charge in [-0.25, -0.2) is 0 Å². The van der Waals surface area contributed by atoms with Crippen LogP contribution in [0.5, 0.6) is 0 Å². The van der Waals surface area contributed by atoms with Gasteiger partial charge in [0.05, 0.1) is 0 Å². The topological polar surface area (TPSA) is 43.7 Å². The van der Waals surface area contributed by atoms with Gasteiger partial charge in [-0.1, -0.05) is 13.8 Å². The van der Waals surface area contributed by atoms with Crippen molar-refractivity contribution in [1.82, 2.24) is 4.90 Å². The van der Waals surface area contributed by atoms with E-state index in [9.17, 15) is 10.2 Å². The summed E-state index contributed by atoms with van der Waals surface area (Å²) >= 11 is 0. The minimum atomic E-state index is -1.15. The molecule has 0 saturated carbocycles. The van der Waals surface area contributed by atoms with Crippen LogP contribution < -0.4 is 0 Å². The Morgan fingerprint density at radius 3 is 2.08 bits per heavy atom. The van der Waals surface area contributed by atoms with Gasteiger partial charge >= 0.3 is 0 Å². The Balaban J connectivity index is 3.09. The number of aliphatic hydroxyl groups is 2. The molecule has 0 amide bonds. The fourth-order valence-corrected chi connectivity index (χ4v) is 1.94. The summed E-state index contributed by atoms with van der Waals surface area (Å²) in [4.78, 5) is 1.73. The van der Waals surface area contributed by atoms with Crippen LogP contribution in [0.2, 0.25) is 0 Å². The Kier molecular flexibility index (Phi) is 2.43. The molecule has 76 valence electrons. The monoisotopic (exact) mass is 185 g/mol. The molecule has 1 aliphatic heterocycles. The lowest BCUT2D eigenvalue weighted by Crippen LogP contribution is -2.47. The maximum Gasteiger partial charge on any atom is 0.164 e. The molecular formula is C10H19NO2. The van der Waals surface area contributed by atoms with Crippen molar-refractivity contribution in [3.63, 3.8) is 0 Å². The van der Waals surface area contributed by atoms with Crippen molar-refractivity contribution in [1.29, 1.82) is 0 Å². The van der Waals surface area contributed by atoms with Gasteiger partial charge in [-0.3, -0.25) is 0 Å². The molecule has 0 saturated heterocycles. The van der Waals surface area contributed by atoms with Crippen molar-refractivity contribution in [3.05, 3.63) is 11.3 Å². The number of hydrogen-bond acceptors (Lipinski definition) is 3. The van der Waals surface area contributed by atoms with Gasteiger partial charge in [-0.15, -0.1) is 0 Å². The fraction of sp³-hybridized carbons (Fsp3) is 0.800. The first-order valence-electron chi connectivity index (χ1n) is 4.65. The van der Waals surface area contributed by atoms with E-state index in [0.29, 0.717) is 0 Å². The van der Waals surface area contributed by atoms with Gasteiger partial charge in [-0.05, 0) is 25.3 Å². The summed E-state index contributed by atoms with van der Waals surface area (Å²) in [6.07, 6.45) is -0.766. The predicted molar refractivity (Wildman–Crippen MR) is 51.9 cm³/mol. The smallest absolute Gasteiger partial charge is 0.164 e. The van der Waals surface area contributed by atoms with Gasteiger partial charge < -0.3 is 15.1 Å². The number of nitrogens with zero attached hydrogens (tertiary/aromatic N) is 1. The first-order valence-corrected chi connectivity index (χ1v) is 4.65. The van der Waals surface area contributed by atoms with E-state index in [1.54, 1.807) is 18.9 Å². The van der Waals surface area contributed by atoms with Crippen LogP contribution in [0.4, 0.5) is 0 Å². The van der Waals surface area contributed by atoms with Crippen molar-refractivity contribution in [3.8, 4) is 0 Å². The molecule has 1 aliphatic rings. The van der Waals surface area contributed by atoms with E-state index in [0.717, 1.165) is 11.3 Å². The molecule has 0 bridgehead atoms. The van der Waals surface area contributed by atoms with Gasteiger partial charge in [-0.2, -0.15) is 0 Å². The van der Waals surface area contributed by atoms with E-state index >= 15 is 0 Å². The van der Waals surface area contributed by atoms with Crippen LogP contribution in [-0.4, -0.2) is 34.0 Å². The second-order valence-corrected chi connectivity index (χ2v) is 4.25. The average Bonchev–Trinajstić information content (AvgIpc) is 2.14. The van der Waals surface area contributed by atoms with Crippen LogP contribution in [0.25, 0.3) is 0 Å². The van der Waals surface area contributed by atoms with Crippen LogP contribution in [0.15, 0.2) is 11.3 Å². The molecule has 13 heavy (non-hydrogen) atoms. The van der Waals surface area contributed by atoms with Crippen molar-refractivity contribution in [2.45, 2.75) is 39.5 Å². The highest BCUT2D eigenvalue weighted by Gasteiger charge is 2.45. The molecule has 1 rings (SSSR count). The zero-order valence-corrected chi connectivity index (χ0v) is 9.00. The zero-order chi connectivity index (χ0) is 10.4. The Morgan fingerprint density at radius 1 is 1.46 bits per heavy atom. The largest absolute Gasteiger partial charge is 0.384 e. The van der Waals surface area contributed by atoms with Crippen LogP contribution in [0.3, 0.4) is 0 Å². The second kappa shape index (κ2) is 3.00. The molecule has 2 unspecified atom stereocenters. The van der Waals surface area contributed by atoms with Crippen molar-refractivity contribution in [2.75, 3.05) is 7.05 Å². The first-order chi connectivity index (χ1) is 5.80. The van der Waals surface area contributed by atoms with E-state index in [4.69, 9.17) is 0 Å². The quantitative estimate of drug-likeness (QED) is 0.638. The standard InChI is InChI=1S/C10H19NO2/c1-6(2)8-7(3)11(5)10(4,13)9(8)12/h6,9,12-13H,1-5H3. The summed E-state index contributed by atoms with van der Waals surface area (Å²) in [5.74, 6) is 0.270. The molecule has 3 heteroatoms. The lowest BCUT2D eigenvalue weighted by Gasteiger charge is -2.32. The third kappa shape index (κ3) is 1.36. The maximum absolute atomic E-state index is 9.96. The molecule has 0 aromatic carbocycles. The highest BCUT2D eigenvalue weighted by Crippen LogP contribution is 2.37. The highest BCUT2D eigenvalue weighted by atomic mass is 16.4. The molecule has 0 aromatic heterocycles. The normalized spacial score (nSPS) is 35.1. The van der Waals surface area contributed by atoms with Gasteiger partial charge in [0.2, 0.25) is 0 Å². The number of hydrogen-bond donors (Lipinski definition) is 2. The number of rotatable bonds is 1. The van der Waals surface area contributed by atoms with E-state index in [-0.39, 0.29) is 5.92 Å². The maximum atomic E-state index is 9.96. The van der Waals surface area contributed by atoms with E-state index in [1.165, 1.54) is 0 Å². The molecule has 3 nitrogen and oxygen atoms in total. The summed E-state index contributed by atoms with van der Waals surface area (Å²) in [7, 11) is 1.80. The first kappa shape index (κ1) is 10.5. The zero-order valence-electron chi connectivity index (χ0n) is 9.00. The molecule has 0 fully saturated rings. The van der Waals surface area contributed by atoms with Gasteiger partial charge in [0, 0.05) is 12.7 Å². The molecule has 1 heterocycles. The number of aliphatic hydroxyl groups excluding tert-OH is 1. The molecule has 0 aliphatic carbocycles. The van der Waals surface area contributed by atoms with Crippen LogP contribution >= 0.6 is 0 Å². The van der Waals surface area contributed by atoms with Crippen molar-refractivity contribution < 1.29 is 10.2 Å². The highest BCUT2D eigenvalue weighted by molar-refractivity contribution is 5.28. The summed E-state index contributed by atoms with van der Waals surface area (Å²) < 4.78 is 0. The molecule has 0 spiro atoms. The van der Waals surface area contributed by atoms with Gasteiger partial charge in [0.1, 0.15) is 6.10 Å². The third-order valence-corrected chi connectivity index (χ3v) is 3.03. The molecular weight excluding hydrogens is 166 g/mol. The summed E-state index contributed by atoms with van der Waals surface area (Å²) in [5, 5.41) is 19.8. The predicted octanol–water partition coefficient (Wildman–Crippen LogP) is 0.931. The van der Waals surface area contributed by atoms with Crippen LogP contribution in [0, 0.1) is 5.92 Å². The number of allylic oxidation sites excluding steroid dienone is 1. The lowest BCUT2D eigenvalue weighted by molar-refractivity contribution is -0.114. The SMILES string of the molecule is CC1=C(C(C)C)C(O)C(C)(O)N1C. The minimum Gasteiger partial charge on any atom is -0.384 e. The van der Waals surface area contributed by atoms with Gasteiger partial charge in [0.15, 0.2) is 5.72 Å². The fourth-order valence-electron chi connectivity index (χ4n) is 1.94. The second-order valence-electron chi connectivity index (χ2n) is 4.25. The Hall–Kier alpha value is -0.540. The van der Waals surface area contributed by atoms with Gasteiger partial charge in [0.25, 0.3) is 0 Å². The van der Waals surface area contributed by atoms with Crippen molar-refractivity contribution in [2.24, 2.45) is 5.92 Å². The van der Waals surface area contributed by atoms with Crippen molar-refractivity contribution >= 4 is 0 Å². The van der Waals surface area contributed by atoms with E-state index in [1.807, 2.05) is 20.8 Å². The molecule has 2 N–H and O–H groups in total. The summed E-state index contributed by atoms with van der Waals surface area (Å²) in [6.45, 7) is 7.62. The number of likely N-dealkylation sites (N-methyl/N-ethyl adjacent to an activating group) is 1. The van der Waals surface area contributed by atoms with E-state index < -0.39 is 11.8 Å². The average molecular weight is 185 g/mol. The minimum absolute atomic E-state index is 0.270. The lowest BCUT2D eigenvalue weighted by atomic mass is 9.94.